The molecule has 0 radical (unpaired) electrons. The van der Waals surface area contributed by atoms with Crippen LogP contribution in [0.15, 0.2) is 29.3 Å². The fraction of sp³-hybridized carbons (Fsp3) is 0.300. The summed E-state index contributed by atoms with van der Waals surface area (Å²) in [6.07, 6.45) is 2.35. The molecule has 0 unspecified atom stereocenters. The third-order valence-electron chi connectivity index (χ3n) is 2.01. The van der Waals surface area contributed by atoms with E-state index in [-0.39, 0.29) is 0 Å². The Balaban J connectivity index is 2.19. The van der Waals surface area contributed by atoms with Gasteiger partial charge in [0.25, 0.3) is 0 Å². The summed E-state index contributed by atoms with van der Waals surface area (Å²) in [6.45, 7) is 0. The number of nitrogens with zero attached hydrogens (tertiary/aromatic N) is 1. The van der Waals surface area contributed by atoms with Crippen molar-refractivity contribution in [3.8, 4) is 0 Å². The van der Waals surface area contributed by atoms with Gasteiger partial charge in [-0.3, -0.25) is 4.99 Å². The number of nitrogens with two attached hydrogens (primary N) is 1. The molecule has 1 saturated carbocycles. The molecule has 0 aliphatic heterocycles. The highest BCUT2D eigenvalue weighted by Crippen LogP contribution is 2.24. The van der Waals surface area contributed by atoms with Crippen molar-refractivity contribution in [2.45, 2.75) is 18.9 Å². The van der Waals surface area contributed by atoms with Gasteiger partial charge in [-0.05, 0) is 37.1 Å². The number of amidine groups is 1. The average Bonchev–Trinajstić information content (AvgIpc) is 2.89. The fourth-order valence-corrected chi connectivity index (χ4v) is 1.22. The third kappa shape index (κ3) is 2.22. The molecule has 0 atom stereocenters. The predicted molar refractivity (Wildman–Crippen MR) is 55.2 cm³/mol. The van der Waals surface area contributed by atoms with E-state index in [1.165, 1.54) is 12.8 Å². The van der Waals surface area contributed by atoms with Gasteiger partial charge in [-0.25, -0.2) is 0 Å². The third-order valence-corrected chi connectivity index (χ3v) is 2.26. The van der Waals surface area contributed by atoms with Gasteiger partial charge in [-0.15, -0.1) is 0 Å². The van der Waals surface area contributed by atoms with Crippen LogP contribution < -0.4 is 5.73 Å². The van der Waals surface area contributed by atoms with E-state index in [1.54, 1.807) is 0 Å². The van der Waals surface area contributed by atoms with Gasteiger partial charge in [0.05, 0.1) is 6.04 Å². The first-order chi connectivity index (χ1) is 6.25. The van der Waals surface area contributed by atoms with Crippen molar-refractivity contribution >= 4 is 17.4 Å². The maximum atomic E-state index is 5.79. The first-order valence-corrected chi connectivity index (χ1v) is 4.73. The number of hydrogen-bond acceptors (Lipinski definition) is 1. The summed E-state index contributed by atoms with van der Waals surface area (Å²) in [4.78, 5) is 4.34. The van der Waals surface area contributed by atoms with Crippen LogP contribution in [0.1, 0.15) is 18.4 Å². The van der Waals surface area contributed by atoms with Gasteiger partial charge < -0.3 is 5.73 Å². The molecular weight excluding hydrogens is 184 g/mol. The maximum absolute atomic E-state index is 5.79. The molecule has 1 fully saturated rings. The van der Waals surface area contributed by atoms with E-state index in [0.29, 0.717) is 11.9 Å². The Bertz CT molecular complexity index is 325. The van der Waals surface area contributed by atoms with Gasteiger partial charge in [-0.1, -0.05) is 11.6 Å². The van der Waals surface area contributed by atoms with Crippen LogP contribution in [0.2, 0.25) is 5.02 Å². The highest BCUT2D eigenvalue weighted by molar-refractivity contribution is 6.30. The monoisotopic (exact) mass is 194 g/mol. The second-order valence-electron chi connectivity index (χ2n) is 3.25. The van der Waals surface area contributed by atoms with E-state index in [2.05, 4.69) is 4.99 Å². The second-order valence-corrected chi connectivity index (χ2v) is 3.69. The molecule has 0 saturated heterocycles. The smallest absolute Gasteiger partial charge is 0.125 e. The Morgan fingerprint density at radius 2 is 1.92 bits per heavy atom. The number of benzene rings is 1. The van der Waals surface area contributed by atoms with Gasteiger partial charge >= 0.3 is 0 Å². The van der Waals surface area contributed by atoms with Crippen LogP contribution in [-0.4, -0.2) is 11.9 Å². The lowest BCUT2D eigenvalue weighted by atomic mass is 10.2. The number of aliphatic imine (C=N–C) groups is 1. The van der Waals surface area contributed by atoms with Gasteiger partial charge in [0.1, 0.15) is 5.84 Å². The van der Waals surface area contributed by atoms with Crippen LogP contribution in [0, 0.1) is 0 Å². The van der Waals surface area contributed by atoms with Crippen LogP contribution in [0.25, 0.3) is 0 Å². The summed E-state index contributed by atoms with van der Waals surface area (Å²) in [7, 11) is 0. The van der Waals surface area contributed by atoms with E-state index >= 15 is 0 Å². The van der Waals surface area contributed by atoms with Crippen molar-refractivity contribution in [1.29, 1.82) is 0 Å². The minimum atomic E-state index is 0.468. The molecule has 1 aromatic rings. The molecule has 2 nitrogen and oxygen atoms in total. The second kappa shape index (κ2) is 3.38. The molecule has 0 amide bonds. The van der Waals surface area contributed by atoms with E-state index in [4.69, 9.17) is 17.3 Å². The Labute approximate surface area is 82.4 Å². The normalized spacial score (nSPS) is 17.5. The zero-order valence-electron chi connectivity index (χ0n) is 7.20. The Hall–Kier alpha value is -1.02. The molecular formula is C10H11ClN2. The van der Waals surface area contributed by atoms with Gasteiger partial charge in [0.2, 0.25) is 0 Å². The van der Waals surface area contributed by atoms with Crippen LogP contribution in [0.3, 0.4) is 0 Å². The van der Waals surface area contributed by atoms with E-state index in [9.17, 15) is 0 Å². The highest BCUT2D eigenvalue weighted by Gasteiger charge is 2.20. The van der Waals surface area contributed by atoms with E-state index < -0.39 is 0 Å². The highest BCUT2D eigenvalue weighted by atomic mass is 35.5. The van der Waals surface area contributed by atoms with Crippen molar-refractivity contribution in [3.05, 3.63) is 34.9 Å². The number of halogens is 1. The number of hydrogen-bond donors (Lipinski definition) is 1. The summed E-state index contributed by atoms with van der Waals surface area (Å²) in [5.74, 6) is 0.624. The molecule has 3 heteroatoms. The average molecular weight is 195 g/mol. The Morgan fingerprint density at radius 1 is 1.31 bits per heavy atom. The molecule has 0 heterocycles. The topological polar surface area (TPSA) is 38.4 Å². The van der Waals surface area contributed by atoms with Gasteiger partial charge in [0, 0.05) is 10.6 Å². The molecule has 0 bridgehead atoms. The minimum Gasteiger partial charge on any atom is -0.383 e. The lowest BCUT2D eigenvalue weighted by Crippen LogP contribution is -2.13. The van der Waals surface area contributed by atoms with Crippen molar-refractivity contribution in [3.63, 3.8) is 0 Å². The van der Waals surface area contributed by atoms with Crippen LogP contribution in [0.5, 0.6) is 0 Å². The SMILES string of the molecule is NC(=NC1CC1)c1ccc(Cl)cc1. The van der Waals surface area contributed by atoms with Gasteiger partial charge in [0.15, 0.2) is 0 Å². The first-order valence-electron chi connectivity index (χ1n) is 4.35. The van der Waals surface area contributed by atoms with Crippen molar-refractivity contribution < 1.29 is 0 Å². The lowest BCUT2D eigenvalue weighted by Gasteiger charge is -1.99. The quantitative estimate of drug-likeness (QED) is 0.569. The molecule has 1 aromatic carbocycles. The molecule has 1 aliphatic carbocycles. The number of rotatable bonds is 2. The van der Waals surface area contributed by atoms with Crippen LogP contribution in [-0.2, 0) is 0 Å². The fourth-order valence-electron chi connectivity index (χ4n) is 1.10. The zero-order chi connectivity index (χ0) is 9.26. The first kappa shape index (κ1) is 8.57. The van der Waals surface area contributed by atoms with E-state index in [1.807, 2.05) is 24.3 Å². The van der Waals surface area contributed by atoms with Crippen molar-refractivity contribution in [1.82, 2.24) is 0 Å². The largest absolute Gasteiger partial charge is 0.383 e. The van der Waals surface area contributed by atoms with Gasteiger partial charge in [-0.2, -0.15) is 0 Å². The van der Waals surface area contributed by atoms with E-state index in [0.717, 1.165) is 10.6 Å². The van der Waals surface area contributed by atoms with Crippen LogP contribution in [0.4, 0.5) is 0 Å². The van der Waals surface area contributed by atoms with Crippen LogP contribution >= 0.6 is 11.6 Å². The zero-order valence-corrected chi connectivity index (χ0v) is 7.96. The summed E-state index contributed by atoms with van der Waals surface area (Å²) >= 11 is 5.75. The summed E-state index contributed by atoms with van der Waals surface area (Å²) in [6, 6.07) is 7.90. The molecule has 13 heavy (non-hydrogen) atoms. The lowest BCUT2D eigenvalue weighted by molar-refractivity contribution is 1.06. The molecule has 0 spiro atoms. The molecule has 68 valence electrons. The summed E-state index contributed by atoms with van der Waals surface area (Å²) in [5, 5.41) is 0.725. The Morgan fingerprint density at radius 3 is 2.46 bits per heavy atom. The van der Waals surface area contributed by atoms with Crippen molar-refractivity contribution in [2.75, 3.05) is 0 Å². The maximum Gasteiger partial charge on any atom is 0.125 e. The minimum absolute atomic E-state index is 0.468. The molecule has 0 aromatic heterocycles. The molecule has 1 aliphatic rings. The summed E-state index contributed by atoms with van der Waals surface area (Å²) in [5.41, 5.74) is 6.75. The van der Waals surface area contributed by atoms with Crippen molar-refractivity contribution in [2.24, 2.45) is 10.7 Å². The standard InChI is InChI=1S/C10H11ClN2/c11-8-3-1-7(2-4-8)10(12)13-9-5-6-9/h1-4,9H,5-6H2,(H2,12,13). The predicted octanol–water partition coefficient (Wildman–Crippen LogP) is 2.21. The Kier molecular flexibility index (Phi) is 2.23. The molecule has 2 rings (SSSR count). The summed E-state index contributed by atoms with van der Waals surface area (Å²) < 4.78 is 0. The molecule has 2 N–H and O–H groups in total.